The number of hydrogen-bond donors (Lipinski definition) is 2. The van der Waals surface area contributed by atoms with Gasteiger partial charge >= 0.3 is 0 Å². The number of pyridine rings is 1. The molecule has 7 heteroatoms. The summed E-state index contributed by atoms with van der Waals surface area (Å²) in [6.07, 6.45) is 7.85. The van der Waals surface area contributed by atoms with Crippen LogP contribution in [0.1, 0.15) is 38.4 Å². The Hall–Kier alpha value is -2.70. The molecule has 5 rings (SSSR count). The van der Waals surface area contributed by atoms with Gasteiger partial charge in [-0.25, -0.2) is 15.0 Å². The van der Waals surface area contributed by atoms with Crippen molar-refractivity contribution in [2.24, 2.45) is 5.92 Å². The minimum atomic E-state index is 0.00988. The van der Waals surface area contributed by atoms with E-state index in [1.165, 1.54) is 0 Å². The Bertz CT molecular complexity index is 1020. The van der Waals surface area contributed by atoms with Crippen molar-refractivity contribution in [2.75, 3.05) is 11.4 Å². The molecule has 0 aromatic carbocycles. The maximum atomic E-state index is 12.6. The van der Waals surface area contributed by atoms with Gasteiger partial charge in [0.15, 0.2) is 0 Å². The number of nitrogens with zero attached hydrogens (tertiary/aromatic N) is 4. The van der Waals surface area contributed by atoms with Crippen LogP contribution < -0.4 is 10.2 Å². The maximum absolute atomic E-state index is 12.6. The van der Waals surface area contributed by atoms with E-state index in [2.05, 4.69) is 32.1 Å². The lowest BCUT2D eigenvalue weighted by atomic mass is 9.92. The maximum Gasteiger partial charge on any atom is 0.225 e. The molecular formula is C20H24N6O. The minimum absolute atomic E-state index is 0.00988. The normalized spacial score (nSPS) is 23.1. The molecule has 2 aliphatic rings. The molecule has 0 radical (unpaired) electrons. The summed E-state index contributed by atoms with van der Waals surface area (Å²) in [6.45, 7) is 4.82. The van der Waals surface area contributed by atoms with E-state index in [0.29, 0.717) is 18.6 Å². The van der Waals surface area contributed by atoms with Gasteiger partial charge in [0.2, 0.25) is 5.91 Å². The van der Waals surface area contributed by atoms with E-state index in [-0.39, 0.29) is 11.8 Å². The van der Waals surface area contributed by atoms with Crippen LogP contribution in [0.5, 0.6) is 0 Å². The standard InChI is InChI=1S/C20H24N6O/c1-11-3-4-13(20(27)25-14-5-6-14)10-26(11)19-17-15-7-8-21-18(15)22-9-16(17)23-12(2)24-19/h7-9,11,13-14H,3-6,10H2,1-2H3,(H,21,22)(H,25,27). The molecule has 140 valence electrons. The minimum Gasteiger partial charge on any atom is -0.353 e. The van der Waals surface area contributed by atoms with Crippen LogP contribution in [0.3, 0.4) is 0 Å². The van der Waals surface area contributed by atoms with Crippen molar-refractivity contribution in [3.63, 3.8) is 0 Å². The summed E-state index contributed by atoms with van der Waals surface area (Å²) in [6, 6.07) is 2.76. The number of aromatic nitrogens is 4. The Labute approximate surface area is 157 Å². The van der Waals surface area contributed by atoms with Gasteiger partial charge in [-0.05, 0) is 45.6 Å². The SMILES string of the molecule is Cc1nc(N2CC(C(=O)NC3CC3)CCC2C)c2c(cnc3[nH]ccc32)n1. The van der Waals surface area contributed by atoms with E-state index in [4.69, 9.17) is 4.98 Å². The first-order valence-corrected chi connectivity index (χ1v) is 9.77. The Morgan fingerprint density at radius 1 is 1.26 bits per heavy atom. The number of H-pyrrole nitrogens is 1. The van der Waals surface area contributed by atoms with Crippen molar-refractivity contribution in [3.05, 3.63) is 24.3 Å². The summed E-state index contributed by atoms with van der Waals surface area (Å²) in [4.78, 5) is 32.0. The van der Waals surface area contributed by atoms with Gasteiger partial charge in [0.25, 0.3) is 0 Å². The molecule has 1 saturated carbocycles. The van der Waals surface area contributed by atoms with Crippen LogP contribution in [0.4, 0.5) is 5.82 Å². The number of hydrogen-bond acceptors (Lipinski definition) is 5. The first kappa shape index (κ1) is 16.5. The number of amides is 1. The molecule has 2 fully saturated rings. The molecule has 1 aliphatic heterocycles. The van der Waals surface area contributed by atoms with E-state index in [9.17, 15) is 4.79 Å². The number of carbonyl (C=O) groups is 1. The average molecular weight is 364 g/mol. The number of nitrogens with one attached hydrogen (secondary N) is 2. The second-order valence-electron chi connectivity index (χ2n) is 7.91. The number of aromatic amines is 1. The highest BCUT2D eigenvalue weighted by Gasteiger charge is 2.34. The highest BCUT2D eigenvalue weighted by molar-refractivity contribution is 6.09. The molecule has 0 spiro atoms. The molecule has 0 bridgehead atoms. The lowest BCUT2D eigenvalue weighted by molar-refractivity contribution is -0.125. The van der Waals surface area contributed by atoms with Crippen molar-refractivity contribution in [2.45, 2.75) is 51.6 Å². The third-order valence-electron chi connectivity index (χ3n) is 5.79. The number of rotatable bonds is 3. The number of aryl methyl sites for hydroxylation is 1. The smallest absolute Gasteiger partial charge is 0.225 e. The van der Waals surface area contributed by atoms with Crippen LogP contribution in [-0.4, -0.2) is 44.5 Å². The predicted molar refractivity (Wildman–Crippen MR) is 105 cm³/mol. The number of piperidine rings is 1. The summed E-state index contributed by atoms with van der Waals surface area (Å²) in [7, 11) is 0. The van der Waals surface area contributed by atoms with E-state index in [1.807, 2.05) is 19.2 Å². The van der Waals surface area contributed by atoms with Crippen molar-refractivity contribution in [1.82, 2.24) is 25.3 Å². The molecule has 7 nitrogen and oxygen atoms in total. The lowest BCUT2D eigenvalue weighted by Gasteiger charge is -2.38. The van der Waals surface area contributed by atoms with Crippen LogP contribution in [0, 0.1) is 12.8 Å². The first-order chi connectivity index (χ1) is 13.1. The topological polar surface area (TPSA) is 86.8 Å². The van der Waals surface area contributed by atoms with Gasteiger partial charge in [0.1, 0.15) is 17.3 Å². The fraction of sp³-hybridized carbons (Fsp3) is 0.500. The number of carbonyl (C=O) groups excluding carboxylic acids is 1. The van der Waals surface area contributed by atoms with E-state index in [1.54, 1.807) is 6.20 Å². The molecule has 2 unspecified atom stereocenters. The van der Waals surface area contributed by atoms with E-state index in [0.717, 1.165) is 59.3 Å². The van der Waals surface area contributed by atoms with Gasteiger partial charge in [-0.15, -0.1) is 0 Å². The quantitative estimate of drug-likeness (QED) is 0.746. The van der Waals surface area contributed by atoms with Gasteiger partial charge in [0.05, 0.1) is 23.0 Å². The number of anilines is 1. The molecule has 1 aliphatic carbocycles. The Balaban J connectivity index is 1.58. The van der Waals surface area contributed by atoms with Gasteiger partial charge < -0.3 is 15.2 Å². The fourth-order valence-electron chi connectivity index (χ4n) is 4.10. The van der Waals surface area contributed by atoms with Crippen LogP contribution in [0.2, 0.25) is 0 Å². The van der Waals surface area contributed by atoms with Crippen molar-refractivity contribution >= 4 is 33.7 Å². The average Bonchev–Trinajstić information content (AvgIpc) is 3.33. The zero-order valence-electron chi connectivity index (χ0n) is 15.7. The third-order valence-corrected chi connectivity index (χ3v) is 5.79. The highest BCUT2D eigenvalue weighted by atomic mass is 16.2. The molecule has 1 amide bonds. The summed E-state index contributed by atoms with van der Waals surface area (Å²) in [5.41, 5.74) is 1.69. The third kappa shape index (κ3) is 2.91. The first-order valence-electron chi connectivity index (χ1n) is 9.77. The van der Waals surface area contributed by atoms with Gasteiger partial charge in [-0.1, -0.05) is 0 Å². The van der Waals surface area contributed by atoms with E-state index >= 15 is 0 Å². The summed E-state index contributed by atoms with van der Waals surface area (Å²) in [5.74, 6) is 1.85. The number of fused-ring (bicyclic) bond motifs is 3. The molecule has 3 aromatic rings. The second kappa shape index (κ2) is 6.18. The van der Waals surface area contributed by atoms with Crippen LogP contribution in [0.25, 0.3) is 21.9 Å². The molecule has 27 heavy (non-hydrogen) atoms. The molecule has 2 atom stereocenters. The fourth-order valence-corrected chi connectivity index (χ4v) is 4.10. The molecular weight excluding hydrogens is 340 g/mol. The Morgan fingerprint density at radius 3 is 2.93 bits per heavy atom. The summed E-state index contributed by atoms with van der Waals surface area (Å²) < 4.78 is 0. The Kier molecular flexibility index (Phi) is 3.77. The molecule has 1 saturated heterocycles. The highest BCUT2D eigenvalue weighted by Crippen LogP contribution is 2.35. The van der Waals surface area contributed by atoms with Crippen LogP contribution in [0.15, 0.2) is 18.5 Å². The molecule has 4 heterocycles. The van der Waals surface area contributed by atoms with Crippen molar-refractivity contribution in [3.8, 4) is 0 Å². The van der Waals surface area contributed by atoms with Crippen LogP contribution >= 0.6 is 0 Å². The zero-order chi connectivity index (χ0) is 18.5. The summed E-state index contributed by atoms with van der Waals surface area (Å²) in [5, 5.41) is 5.21. The monoisotopic (exact) mass is 364 g/mol. The predicted octanol–water partition coefficient (Wildman–Crippen LogP) is 2.70. The molecule has 2 N–H and O–H groups in total. The van der Waals surface area contributed by atoms with Gasteiger partial charge in [-0.3, -0.25) is 4.79 Å². The van der Waals surface area contributed by atoms with Crippen molar-refractivity contribution < 1.29 is 4.79 Å². The van der Waals surface area contributed by atoms with Crippen LogP contribution in [-0.2, 0) is 4.79 Å². The van der Waals surface area contributed by atoms with Gasteiger partial charge in [-0.2, -0.15) is 0 Å². The lowest BCUT2D eigenvalue weighted by Crippen LogP contribution is -2.47. The molecule has 3 aromatic heterocycles. The second-order valence-corrected chi connectivity index (χ2v) is 7.91. The zero-order valence-corrected chi connectivity index (χ0v) is 15.7. The summed E-state index contributed by atoms with van der Waals surface area (Å²) >= 11 is 0. The largest absolute Gasteiger partial charge is 0.353 e. The van der Waals surface area contributed by atoms with E-state index < -0.39 is 0 Å². The van der Waals surface area contributed by atoms with Gasteiger partial charge in [0, 0.05) is 30.2 Å². The van der Waals surface area contributed by atoms with Crippen molar-refractivity contribution in [1.29, 1.82) is 0 Å². The Morgan fingerprint density at radius 2 is 2.11 bits per heavy atom.